The molecule has 0 aliphatic heterocycles. The van der Waals surface area contributed by atoms with Crippen LogP contribution < -0.4 is 5.73 Å². The Morgan fingerprint density at radius 3 is 2.92 bits per heavy atom. The van der Waals surface area contributed by atoms with Crippen LogP contribution in [0.25, 0.3) is 0 Å². The number of thioether (sulfide) groups is 1. The second kappa shape index (κ2) is 5.17. The van der Waals surface area contributed by atoms with E-state index >= 15 is 0 Å². The first-order valence-electron chi connectivity index (χ1n) is 4.61. The lowest BCUT2D eigenvalue weighted by Crippen LogP contribution is -2.05. The zero-order valence-electron chi connectivity index (χ0n) is 8.29. The van der Waals surface area contributed by atoms with Crippen LogP contribution in [0.5, 0.6) is 0 Å². The van der Waals surface area contributed by atoms with Crippen LogP contribution in [-0.2, 0) is 6.54 Å². The number of anilines is 1. The van der Waals surface area contributed by atoms with Gasteiger partial charge in [-0.1, -0.05) is 6.92 Å². The molecule has 0 spiro atoms. The lowest BCUT2D eigenvalue weighted by molar-refractivity contribution is 0.614. The van der Waals surface area contributed by atoms with Crippen molar-refractivity contribution in [2.75, 3.05) is 17.2 Å². The molecule has 4 heteroatoms. The second-order valence-electron chi connectivity index (χ2n) is 2.99. The van der Waals surface area contributed by atoms with Crippen molar-refractivity contribution in [3.05, 3.63) is 11.8 Å². The maximum atomic E-state index is 5.81. The molecule has 2 N–H and O–H groups in total. The average Bonchev–Trinajstić information content (AvgIpc) is 2.43. The summed E-state index contributed by atoms with van der Waals surface area (Å²) >= 11 is 1.96. The molecule has 0 saturated heterocycles. The molecule has 0 aliphatic carbocycles. The molecule has 1 aromatic rings. The number of aryl methyl sites for hydroxylation is 2. The Hall–Kier alpha value is -0.640. The van der Waals surface area contributed by atoms with E-state index < -0.39 is 0 Å². The fourth-order valence-electron chi connectivity index (χ4n) is 1.13. The first kappa shape index (κ1) is 10.4. The molecular weight excluding hydrogens is 182 g/mol. The van der Waals surface area contributed by atoms with Gasteiger partial charge in [0, 0.05) is 12.1 Å². The molecular formula is C9H17N3S. The first-order valence-corrected chi connectivity index (χ1v) is 5.76. The summed E-state index contributed by atoms with van der Waals surface area (Å²) in [5, 5.41) is 4.20. The lowest BCUT2D eigenvalue weighted by atomic mass is 10.4. The third-order valence-electron chi connectivity index (χ3n) is 1.94. The van der Waals surface area contributed by atoms with Crippen LogP contribution in [0.15, 0.2) is 6.20 Å². The van der Waals surface area contributed by atoms with Crippen LogP contribution >= 0.6 is 11.8 Å². The molecule has 1 aromatic heterocycles. The van der Waals surface area contributed by atoms with Crippen molar-refractivity contribution in [2.24, 2.45) is 0 Å². The van der Waals surface area contributed by atoms with Gasteiger partial charge in [-0.2, -0.15) is 16.9 Å². The molecule has 1 heterocycles. The number of nitrogens with two attached hydrogens (primary N) is 1. The zero-order valence-corrected chi connectivity index (χ0v) is 9.10. The Kier molecular flexibility index (Phi) is 4.15. The third kappa shape index (κ3) is 2.95. The molecule has 0 bridgehead atoms. The topological polar surface area (TPSA) is 43.8 Å². The fraction of sp³-hybridized carbons (Fsp3) is 0.667. The monoisotopic (exact) mass is 199 g/mol. The van der Waals surface area contributed by atoms with Crippen LogP contribution in [0, 0.1) is 6.92 Å². The molecule has 74 valence electrons. The molecule has 0 atom stereocenters. The Labute approximate surface area is 83.7 Å². The van der Waals surface area contributed by atoms with Crippen molar-refractivity contribution < 1.29 is 0 Å². The maximum absolute atomic E-state index is 5.81. The second-order valence-corrected chi connectivity index (χ2v) is 4.38. The summed E-state index contributed by atoms with van der Waals surface area (Å²) in [5.41, 5.74) is 6.88. The lowest BCUT2D eigenvalue weighted by Gasteiger charge is -2.03. The quantitative estimate of drug-likeness (QED) is 0.737. The fourth-order valence-corrected chi connectivity index (χ4v) is 1.75. The predicted octanol–water partition coefficient (Wildman–Crippen LogP) is 1.92. The van der Waals surface area contributed by atoms with Gasteiger partial charge in [-0.15, -0.1) is 0 Å². The summed E-state index contributed by atoms with van der Waals surface area (Å²) in [5.74, 6) is 3.18. The minimum atomic E-state index is 0.807. The Morgan fingerprint density at radius 1 is 1.62 bits per heavy atom. The summed E-state index contributed by atoms with van der Waals surface area (Å²) in [6, 6.07) is 0. The number of nitrogens with zero attached hydrogens (tertiary/aromatic N) is 2. The summed E-state index contributed by atoms with van der Waals surface area (Å²) in [6.07, 6.45) is 2.96. The highest BCUT2D eigenvalue weighted by atomic mass is 32.2. The van der Waals surface area contributed by atoms with Gasteiger partial charge in [0.25, 0.3) is 0 Å². The molecule has 0 radical (unpaired) electrons. The van der Waals surface area contributed by atoms with Gasteiger partial charge in [0.1, 0.15) is 5.82 Å². The number of nitrogen functional groups attached to an aromatic ring is 1. The van der Waals surface area contributed by atoms with E-state index in [1.807, 2.05) is 29.6 Å². The number of rotatable bonds is 5. The summed E-state index contributed by atoms with van der Waals surface area (Å²) in [6.45, 7) is 5.10. The van der Waals surface area contributed by atoms with Crippen molar-refractivity contribution in [2.45, 2.75) is 26.8 Å². The van der Waals surface area contributed by atoms with Crippen LogP contribution in [0.3, 0.4) is 0 Å². The van der Waals surface area contributed by atoms with Gasteiger partial charge in [-0.25, -0.2) is 4.68 Å². The largest absolute Gasteiger partial charge is 0.384 e. The summed E-state index contributed by atoms with van der Waals surface area (Å²) in [4.78, 5) is 0. The zero-order chi connectivity index (χ0) is 9.68. The number of aromatic nitrogens is 2. The minimum Gasteiger partial charge on any atom is -0.384 e. The van der Waals surface area contributed by atoms with Crippen LogP contribution in [0.2, 0.25) is 0 Å². The summed E-state index contributed by atoms with van der Waals surface area (Å²) in [7, 11) is 0. The van der Waals surface area contributed by atoms with Crippen molar-refractivity contribution in [1.82, 2.24) is 9.78 Å². The average molecular weight is 199 g/mol. The van der Waals surface area contributed by atoms with E-state index in [0.29, 0.717) is 0 Å². The molecule has 0 amide bonds. The number of hydrogen-bond donors (Lipinski definition) is 1. The van der Waals surface area contributed by atoms with E-state index in [2.05, 4.69) is 12.0 Å². The summed E-state index contributed by atoms with van der Waals surface area (Å²) < 4.78 is 1.88. The SMILES string of the molecule is CCSCCCn1ncc(C)c1N. The van der Waals surface area contributed by atoms with Gasteiger partial charge >= 0.3 is 0 Å². The molecule has 13 heavy (non-hydrogen) atoms. The van der Waals surface area contributed by atoms with E-state index in [1.54, 1.807) is 0 Å². The molecule has 0 aromatic carbocycles. The van der Waals surface area contributed by atoms with Crippen LogP contribution in [0.4, 0.5) is 5.82 Å². The van der Waals surface area contributed by atoms with E-state index in [1.165, 1.54) is 11.5 Å². The van der Waals surface area contributed by atoms with Gasteiger partial charge in [0.2, 0.25) is 0 Å². The highest BCUT2D eigenvalue weighted by molar-refractivity contribution is 7.99. The Balaban J connectivity index is 2.32. The molecule has 0 saturated carbocycles. The van der Waals surface area contributed by atoms with Crippen LogP contribution in [-0.4, -0.2) is 21.3 Å². The minimum absolute atomic E-state index is 0.807. The standard InChI is InChI=1S/C9H17N3S/c1-3-13-6-4-5-12-9(10)8(2)7-11-12/h7H,3-6,10H2,1-2H3. The maximum Gasteiger partial charge on any atom is 0.124 e. The molecule has 3 nitrogen and oxygen atoms in total. The van der Waals surface area contributed by atoms with Gasteiger partial charge < -0.3 is 5.73 Å². The first-order chi connectivity index (χ1) is 6.25. The number of hydrogen-bond acceptors (Lipinski definition) is 3. The molecule has 1 rings (SSSR count). The highest BCUT2D eigenvalue weighted by Crippen LogP contribution is 2.10. The molecule has 0 unspecified atom stereocenters. The molecule has 0 aliphatic rings. The predicted molar refractivity (Wildman–Crippen MR) is 59.0 cm³/mol. The van der Waals surface area contributed by atoms with Crippen molar-refractivity contribution in [1.29, 1.82) is 0 Å². The van der Waals surface area contributed by atoms with E-state index in [9.17, 15) is 0 Å². The van der Waals surface area contributed by atoms with Gasteiger partial charge in [-0.05, 0) is 24.9 Å². The van der Waals surface area contributed by atoms with Gasteiger partial charge in [-0.3, -0.25) is 0 Å². The van der Waals surface area contributed by atoms with E-state index in [0.717, 1.165) is 24.3 Å². The van der Waals surface area contributed by atoms with Crippen molar-refractivity contribution >= 4 is 17.6 Å². The van der Waals surface area contributed by atoms with Crippen molar-refractivity contribution in [3.63, 3.8) is 0 Å². The van der Waals surface area contributed by atoms with Crippen LogP contribution in [0.1, 0.15) is 18.9 Å². The Bertz CT molecular complexity index is 257. The van der Waals surface area contributed by atoms with E-state index in [4.69, 9.17) is 5.73 Å². The smallest absolute Gasteiger partial charge is 0.124 e. The van der Waals surface area contributed by atoms with Crippen molar-refractivity contribution in [3.8, 4) is 0 Å². The third-order valence-corrected chi connectivity index (χ3v) is 2.92. The van der Waals surface area contributed by atoms with Gasteiger partial charge in [0.05, 0.1) is 6.20 Å². The highest BCUT2D eigenvalue weighted by Gasteiger charge is 2.01. The van der Waals surface area contributed by atoms with E-state index in [-0.39, 0.29) is 0 Å². The molecule has 0 fully saturated rings. The normalized spacial score (nSPS) is 10.6. The van der Waals surface area contributed by atoms with Gasteiger partial charge in [0.15, 0.2) is 0 Å². The Morgan fingerprint density at radius 2 is 2.38 bits per heavy atom.